The fraction of sp³-hybridized carbons (Fsp3) is 0.0769. The number of aromatic nitrogens is 1. The topological polar surface area (TPSA) is 94.3 Å². The number of pyridine rings is 1. The maximum absolute atomic E-state index is 12.5. The first kappa shape index (κ1) is 13.8. The number of benzene rings is 1. The molecular formula is C13H11N3O3S. The highest BCUT2D eigenvalue weighted by Gasteiger charge is 2.25. The number of hydrogen-bond donors (Lipinski definition) is 1. The minimum Gasteiger partial charge on any atom is -0.508 e. The van der Waals surface area contributed by atoms with Crippen molar-refractivity contribution in [1.82, 2.24) is 4.98 Å². The summed E-state index contributed by atoms with van der Waals surface area (Å²) in [4.78, 5) is 3.59. The number of phenolic OH excluding ortho intramolecular Hbond substituents is 1. The Morgan fingerprint density at radius 2 is 1.90 bits per heavy atom. The molecule has 6 nitrogen and oxygen atoms in total. The van der Waals surface area contributed by atoms with E-state index in [1.165, 1.54) is 49.6 Å². The Morgan fingerprint density at radius 1 is 1.25 bits per heavy atom. The molecule has 2 rings (SSSR count). The maximum atomic E-state index is 12.5. The van der Waals surface area contributed by atoms with Crippen LogP contribution in [0.2, 0.25) is 0 Å². The van der Waals surface area contributed by atoms with Crippen LogP contribution in [0.1, 0.15) is 5.69 Å². The Kier molecular flexibility index (Phi) is 3.59. The van der Waals surface area contributed by atoms with E-state index in [-0.39, 0.29) is 16.3 Å². The van der Waals surface area contributed by atoms with Crippen LogP contribution >= 0.6 is 0 Å². The Balaban J connectivity index is 2.50. The van der Waals surface area contributed by atoms with Crippen molar-refractivity contribution in [2.24, 2.45) is 0 Å². The number of aromatic hydroxyl groups is 1. The third-order valence-corrected chi connectivity index (χ3v) is 4.55. The first-order chi connectivity index (χ1) is 9.46. The highest BCUT2D eigenvalue weighted by atomic mass is 32.2. The molecule has 0 aliphatic rings. The molecule has 0 saturated heterocycles. The predicted molar refractivity (Wildman–Crippen MR) is 72.6 cm³/mol. The predicted octanol–water partition coefficient (Wildman–Crippen LogP) is 1.48. The zero-order chi connectivity index (χ0) is 14.8. The van der Waals surface area contributed by atoms with Crippen molar-refractivity contribution >= 4 is 15.7 Å². The molecular weight excluding hydrogens is 278 g/mol. The monoisotopic (exact) mass is 289 g/mol. The first-order valence-corrected chi connectivity index (χ1v) is 7.04. The van der Waals surface area contributed by atoms with Gasteiger partial charge in [-0.1, -0.05) is 0 Å². The van der Waals surface area contributed by atoms with E-state index in [0.717, 1.165) is 4.31 Å². The summed E-state index contributed by atoms with van der Waals surface area (Å²) in [5, 5.41) is 18.2. The smallest absolute Gasteiger partial charge is 0.266 e. The standard InChI is InChI=1S/C13H11N3O3S/c1-16(10-4-6-11(17)7-5-10)20(18,19)13-3-2-8-15-12(13)9-14/h2-8,17H,1H3. The van der Waals surface area contributed by atoms with Crippen molar-refractivity contribution in [2.45, 2.75) is 4.90 Å². The molecule has 0 spiro atoms. The molecule has 0 fully saturated rings. The number of nitriles is 1. The minimum absolute atomic E-state index is 0.0404. The number of phenols is 1. The molecule has 102 valence electrons. The molecule has 7 heteroatoms. The fourth-order valence-corrected chi connectivity index (χ4v) is 2.92. The SMILES string of the molecule is CN(c1ccc(O)cc1)S(=O)(=O)c1cccnc1C#N. The highest BCUT2D eigenvalue weighted by Crippen LogP contribution is 2.24. The molecule has 1 aromatic carbocycles. The second-order valence-corrected chi connectivity index (χ2v) is 5.89. The van der Waals surface area contributed by atoms with Gasteiger partial charge in [-0.15, -0.1) is 0 Å². The molecule has 0 unspecified atom stereocenters. The van der Waals surface area contributed by atoms with Gasteiger partial charge in [0, 0.05) is 13.2 Å². The average molecular weight is 289 g/mol. The van der Waals surface area contributed by atoms with Crippen molar-refractivity contribution in [3.63, 3.8) is 0 Å². The molecule has 1 N–H and O–H groups in total. The minimum atomic E-state index is -3.88. The highest BCUT2D eigenvalue weighted by molar-refractivity contribution is 7.92. The molecule has 0 bridgehead atoms. The average Bonchev–Trinajstić information content (AvgIpc) is 2.47. The van der Waals surface area contributed by atoms with Crippen LogP contribution in [0.15, 0.2) is 47.5 Å². The third kappa shape index (κ3) is 2.41. The van der Waals surface area contributed by atoms with E-state index in [2.05, 4.69) is 4.98 Å². The molecule has 0 radical (unpaired) electrons. The zero-order valence-corrected chi connectivity index (χ0v) is 11.4. The summed E-state index contributed by atoms with van der Waals surface area (Å²) in [7, 11) is -2.51. The van der Waals surface area contributed by atoms with Crippen LogP contribution in [-0.4, -0.2) is 25.6 Å². The van der Waals surface area contributed by atoms with Gasteiger partial charge in [0.1, 0.15) is 16.7 Å². The summed E-state index contributed by atoms with van der Waals surface area (Å²) in [5.74, 6) is 0.0404. The van der Waals surface area contributed by atoms with Crippen LogP contribution < -0.4 is 4.31 Å². The summed E-state index contributed by atoms with van der Waals surface area (Å²) in [6, 6.07) is 10.3. The van der Waals surface area contributed by atoms with Crippen molar-refractivity contribution in [1.29, 1.82) is 5.26 Å². The summed E-state index contributed by atoms with van der Waals surface area (Å²) < 4.78 is 26.0. The summed E-state index contributed by atoms with van der Waals surface area (Å²) in [5.41, 5.74) is 0.216. The Hall–Kier alpha value is -2.59. The van der Waals surface area contributed by atoms with E-state index in [0.29, 0.717) is 5.69 Å². The van der Waals surface area contributed by atoms with Gasteiger partial charge in [0.15, 0.2) is 5.69 Å². The Bertz CT molecular complexity index is 764. The molecule has 0 aliphatic heterocycles. The van der Waals surface area contributed by atoms with Crippen molar-refractivity contribution in [3.05, 3.63) is 48.3 Å². The molecule has 0 saturated carbocycles. The van der Waals surface area contributed by atoms with Gasteiger partial charge < -0.3 is 5.11 Å². The Morgan fingerprint density at radius 3 is 2.50 bits per heavy atom. The number of anilines is 1. The van der Waals surface area contributed by atoms with E-state index >= 15 is 0 Å². The van der Waals surface area contributed by atoms with E-state index in [1.54, 1.807) is 6.07 Å². The van der Waals surface area contributed by atoms with Gasteiger partial charge in [0.25, 0.3) is 10.0 Å². The van der Waals surface area contributed by atoms with Crippen LogP contribution in [0, 0.1) is 11.3 Å². The third-order valence-electron chi connectivity index (χ3n) is 2.73. The molecule has 2 aromatic rings. The van der Waals surface area contributed by atoms with E-state index in [4.69, 9.17) is 5.26 Å². The van der Waals surface area contributed by atoms with Gasteiger partial charge in [0.05, 0.1) is 5.69 Å². The lowest BCUT2D eigenvalue weighted by atomic mass is 10.3. The van der Waals surface area contributed by atoms with E-state index in [9.17, 15) is 13.5 Å². The molecule has 0 atom stereocenters. The molecule has 20 heavy (non-hydrogen) atoms. The van der Waals surface area contributed by atoms with Crippen molar-refractivity contribution in [2.75, 3.05) is 11.4 Å². The molecule has 0 amide bonds. The van der Waals surface area contributed by atoms with Crippen LogP contribution in [0.3, 0.4) is 0 Å². The summed E-state index contributed by atoms with van der Waals surface area (Å²) >= 11 is 0. The van der Waals surface area contributed by atoms with Gasteiger partial charge in [-0.2, -0.15) is 5.26 Å². The van der Waals surface area contributed by atoms with Gasteiger partial charge in [-0.25, -0.2) is 13.4 Å². The summed E-state index contributed by atoms with van der Waals surface area (Å²) in [6.07, 6.45) is 1.36. The lowest BCUT2D eigenvalue weighted by molar-refractivity contribution is 0.475. The quantitative estimate of drug-likeness (QED) is 0.923. The van der Waals surface area contributed by atoms with Crippen LogP contribution in [0.5, 0.6) is 5.75 Å². The van der Waals surface area contributed by atoms with E-state index in [1.807, 2.05) is 0 Å². The van der Waals surface area contributed by atoms with Gasteiger partial charge in [0.2, 0.25) is 0 Å². The number of nitrogens with zero attached hydrogens (tertiary/aromatic N) is 3. The normalized spacial score (nSPS) is 10.8. The second-order valence-electron chi connectivity index (χ2n) is 3.95. The van der Waals surface area contributed by atoms with Gasteiger partial charge in [-0.05, 0) is 36.4 Å². The van der Waals surface area contributed by atoms with Crippen molar-refractivity contribution in [3.8, 4) is 11.8 Å². The lowest BCUT2D eigenvalue weighted by Crippen LogP contribution is -2.27. The van der Waals surface area contributed by atoms with Crippen molar-refractivity contribution < 1.29 is 13.5 Å². The maximum Gasteiger partial charge on any atom is 0.266 e. The summed E-state index contributed by atoms with van der Waals surface area (Å²) in [6.45, 7) is 0. The second kappa shape index (κ2) is 5.19. The molecule has 1 heterocycles. The first-order valence-electron chi connectivity index (χ1n) is 5.60. The molecule has 1 aromatic heterocycles. The number of hydrogen-bond acceptors (Lipinski definition) is 5. The molecule has 0 aliphatic carbocycles. The largest absolute Gasteiger partial charge is 0.508 e. The van der Waals surface area contributed by atoms with Gasteiger partial charge >= 0.3 is 0 Å². The lowest BCUT2D eigenvalue weighted by Gasteiger charge is -2.19. The van der Waals surface area contributed by atoms with Crippen LogP contribution in [-0.2, 0) is 10.0 Å². The van der Waals surface area contributed by atoms with Gasteiger partial charge in [-0.3, -0.25) is 4.31 Å². The van der Waals surface area contributed by atoms with Crippen LogP contribution in [0.25, 0.3) is 0 Å². The van der Waals surface area contributed by atoms with E-state index < -0.39 is 10.0 Å². The number of rotatable bonds is 3. The fourth-order valence-electron chi connectivity index (χ4n) is 1.63. The van der Waals surface area contributed by atoms with Crippen LogP contribution in [0.4, 0.5) is 5.69 Å². The number of sulfonamides is 1. The zero-order valence-electron chi connectivity index (χ0n) is 10.6. The Labute approximate surface area is 116 Å².